The molecule has 5 heteroatoms. The Morgan fingerprint density at radius 3 is 2.69 bits per heavy atom. The molecule has 0 aliphatic heterocycles. The first-order valence-corrected chi connectivity index (χ1v) is 5.92. The van der Waals surface area contributed by atoms with Gasteiger partial charge in [-0.15, -0.1) is 0 Å². The predicted octanol–water partition coefficient (Wildman–Crippen LogP) is 2.07. The summed E-state index contributed by atoms with van der Waals surface area (Å²) in [6, 6.07) is 1.70. The van der Waals surface area contributed by atoms with E-state index in [2.05, 4.69) is 29.0 Å². The lowest BCUT2D eigenvalue weighted by atomic mass is 10.4. The van der Waals surface area contributed by atoms with Crippen molar-refractivity contribution in [3.8, 4) is 0 Å². The number of nitrogens with zero attached hydrogens (tertiary/aromatic N) is 2. The van der Waals surface area contributed by atoms with E-state index in [1.54, 1.807) is 12.3 Å². The lowest BCUT2D eigenvalue weighted by Crippen LogP contribution is -2.28. The minimum absolute atomic E-state index is 0.569. The number of anilines is 2. The van der Waals surface area contributed by atoms with Crippen molar-refractivity contribution in [1.82, 2.24) is 9.88 Å². The van der Waals surface area contributed by atoms with Crippen LogP contribution in [0, 0.1) is 0 Å². The highest BCUT2D eigenvalue weighted by Crippen LogP contribution is 2.20. The zero-order chi connectivity index (χ0) is 12.0. The largest absolute Gasteiger partial charge is 0.397 e. The van der Waals surface area contributed by atoms with Gasteiger partial charge in [0.05, 0.1) is 16.9 Å². The number of rotatable bonds is 6. The van der Waals surface area contributed by atoms with Crippen molar-refractivity contribution < 1.29 is 0 Å². The Labute approximate surface area is 102 Å². The summed E-state index contributed by atoms with van der Waals surface area (Å²) in [6.07, 6.45) is 1.60. The van der Waals surface area contributed by atoms with E-state index in [0.29, 0.717) is 16.5 Å². The van der Waals surface area contributed by atoms with E-state index < -0.39 is 0 Å². The summed E-state index contributed by atoms with van der Waals surface area (Å²) in [7, 11) is 0. The summed E-state index contributed by atoms with van der Waals surface area (Å²) in [6.45, 7) is 8.23. The second-order valence-electron chi connectivity index (χ2n) is 3.55. The smallest absolute Gasteiger partial charge is 0.144 e. The average Bonchev–Trinajstić information content (AvgIpc) is 2.27. The van der Waals surface area contributed by atoms with Crippen LogP contribution in [-0.2, 0) is 0 Å². The molecule has 1 aromatic rings. The van der Waals surface area contributed by atoms with E-state index in [-0.39, 0.29) is 0 Å². The first-order chi connectivity index (χ1) is 7.67. The summed E-state index contributed by atoms with van der Waals surface area (Å²) in [5, 5.41) is 3.77. The molecule has 0 aromatic carbocycles. The van der Waals surface area contributed by atoms with Crippen LogP contribution in [0.25, 0.3) is 0 Å². The molecule has 0 aliphatic rings. The Kier molecular flexibility index (Phi) is 5.35. The number of aromatic nitrogens is 1. The zero-order valence-electron chi connectivity index (χ0n) is 9.83. The highest BCUT2D eigenvalue weighted by molar-refractivity contribution is 6.33. The Balaban J connectivity index is 2.42. The van der Waals surface area contributed by atoms with Crippen molar-refractivity contribution in [2.75, 3.05) is 37.2 Å². The molecule has 0 amide bonds. The van der Waals surface area contributed by atoms with E-state index in [1.807, 2.05) is 0 Å². The van der Waals surface area contributed by atoms with Crippen molar-refractivity contribution in [3.05, 3.63) is 17.3 Å². The second kappa shape index (κ2) is 6.55. The van der Waals surface area contributed by atoms with Gasteiger partial charge in [-0.05, 0) is 19.2 Å². The first kappa shape index (κ1) is 13.1. The quantitative estimate of drug-likeness (QED) is 0.802. The summed E-state index contributed by atoms with van der Waals surface area (Å²) in [4.78, 5) is 6.47. The van der Waals surface area contributed by atoms with Gasteiger partial charge in [0.2, 0.25) is 0 Å². The van der Waals surface area contributed by atoms with Gasteiger partial charge in [0.1, 0.15) is 5.82 Å². The molecule has 1 heterocycles. The topological polar surface area (TPSA) is 54.2 Å². The Morgan fingerprint density at radius 2 is 2.12 bits per heavy atom. The third-order valence-electron chi connectivity index (χ3n) is 2.48. The summed E-state index contributed by atoms with van der Waals surface area (Å²) in [5.74, 6) is 0.697. The van der Waals surface area contributed by atoms with Crippen LogP contribution in [0.5, 0.6) is 0 Å². The molecule has 0 aliphatic carbocycles. The molecule has 0 saturated carbocycles. The van der Waals surface area contributed by atoms with Crippen molar-refractivity contribution in [3.63, 3.8) is 0 Å². The number of halogens is 1. The van der Waals surface area contributed by atoms with Crippen LogP contribution in [0.15, 0.2) is 12.3 Å². The van der Waals surface area contributed by atoms with Gasteiger partial charge in [0.25, 0.3) is 0 Å². The fourth-order valence-electron chi connectivity index (χ4n) is 1.46. The standard InChI is InChI=1S/C11H19ClN4/c1-3-16(4-2)6-5-14-11-10(12)7-9(13)8-15-11/h7-8H,3-6,13H2,1-2H3,(H,14,15). The lowest BCUT2D eigenvalue weighted by Gasteiger charge is -2.18. The molecule has 3 N–H and O–H groups in total. The third-order valence-corrected chi connectivity index (χ3v) is 2.77. The normalized spacial score (nSPS) is 10.8. The maximum Gasteiger partial charge on any atom is 0.144 e. The molecule has 90 valence electrons. The molecule has 0 atom stereocenters. The Bertz CT molecular complexity index is 326. The first-order valence-electron chi connectivity index (χ1n) is 5.54. The third kappa shape index (κ3) is 3.87. The van der Waals surface area contributed by atoms with Gasteiger partial charge in [-0.2, -0.15) is 0 Å². The molecule has 16 heavy (non-hydrogen) atoms. The molecule has 0 unspecified atom stereocenters. The van der Waals surface area contributed by atoms with E-state index >= 15 is 0 Å². The number of hydrogen-bond acceptors (Lipinski definition) is 4. The molecule has 0 saturated heterocycles. The van der Waals surface area contributed by atoms with Gasteiger partial charge in [-0.1, -0.05) is 25.4 Å². The number of nitrogens with one attached hydrogen (secondary N) is 1. The highest BCUT2D eigenvalue weighted by atomic mass is 35.5. The van der Waals surface area contributed by atoms with Crippen LogP contribution in [0.1, 0.15) is 13.8 Å². The molecule has 0 fully saturated rings. The van der Waals surface area contributed by atoms with Gasteiger partial charge < -0.3 is 16.0 Å². The zero-order valence-corrected chi connectivity index (χ0v) is 10.6. The second-order valence-corrected chi connectivity index (χ2v) is 3.96. The molecular formula is C11H19ClN4. The van der Waals surface area contributed by atoms with Gasteiger partial charge >= 0.3 is 0 Å². The number of hydrogen-bond donors (Lipinski definition) is 2. The summed E-state index contributed by atoms with van der Waals surface area (Å²) in [5.41, 5.74) is 6.15. The fraction of sp³-hybridized carbons (Fsp3) is 0.545. The van der Waals surface area contributed by atoms with Crippen LogP contribution >= 0.6 is 11.6 Å². The Hall–Kier alpha value is -1.00. The van der Waals surface area contributed by atoms with Crippen molar-refractivity contribution in [2.45, 2.75) is 13.8 Å². The monoisotopic (exact) mass is 242 g/mol. The summed E-state index contributed by atoms with van der Waals surface area (Å²) >= 11 is 5.99. The van der Waals surface area contributed by atoms with Gasteiger partial charge in [0.15, 0.2) is 0 Å². The molecule has 0 radical (unpaired) electrons. The van der Waals surface area contributed by atoms with Crippen LogP contribution in [0.3, 0.4) is 0 Å². The lowest BCUT2D eigenvalue weighted by molar-refractivity contribution is 0.316. The van der Waals surface area contributed by atoms with Crippen LogP contribution in [0.4, 0.5) is 11.5 Å². The van der Waals surface area contributed by atoms with Crippen molar-refractivity contribution in [1.29, 1.82) is 0 Å². The average molecular weight is 243 g/mol. The van der Waals surface area contributed by atoms with Crippen LogP contribution < -0.4 is 11.1 Å². The molecule has 4 nitrogen and oxygen atoms in total. The van der Waals surface area contributed by atoms with Crippen LogP contribution in [0.2, 0.25) is 5.02 Å². The molecular weight excluding hydrogens is 224 g/mol. The minimum Gasteiger partial charge on any atom is -0.397 e. The number of pyridine rings is 1. The van der Waals surface area contributed by atoms with E-state index in [4.69, 9.17) is 17.3 Å². The maximum atomic E-state index is 5.99. The summed E-state index contributed by atoms with van der Waals surface area (Å²) < 4.78 is 0. The maximum absolute atomic E-state index is 5.99. The predicted molar refractivity (Wildman–Crippen MR) is 69.9 cm³/mol. The van der Waals surface area contributed by atoms with Gasteiger partial charge in [-0.25, -0.2) is 4.98 Å². The highest BCUT2D eigenvalue weighted by Gasteiger charge is 2.03. The van der Waals surface area contributed by atoms with E-state index in [9.17, 15) is 0 Å². The fourth-order valence-corrected chi connectivity index (χ4v) is 1.70. The molecule has 1 rings (SSSR count). The van der Waals surface area contributed by atoms with Crippen molar-refractivity contribution >= 4 is 23.1 Å². The van der Waals surface area contributed by atoms with Gasteiger partial charge in [0, 0.05) is 13.1 Å². The molecule has 1 aromatic heterocycles. The molecule has 0 bridgehead atoms. The number of nitrogen functional groups attached to an aromatic ring is 1. The number of likely N-dealkylation sites (N-methyl/N-ethyl adjacent to an activating group) is 1. The van der Waals surface area contributed by atoms with Gasteiger partial charge in [-0.3, -0.25) is 0 Å². The van der Waals surface area contributed by atoms with E-state index in [1.165, 1.54) is 0 Å². The SMILES string of the molecule is CCN(CC)CCNc1ncc(N)cc1Cl. The van der Waals surface area contributed by atoms with E-state index in [0.717, 1.165) is 26.2 Å². The molecule has 0 spiro atoms. The van der Waals surface area contributed by atoms with Crippen molar-refractivity contribution in [2.24, 2.45) is 0 Å². The van der Waals surface area contributed by atoms with Crippen LogP contribution in [-0.4, -0.2) is 36.1 Å². The number of nitrogens with two attached hydrogens (primary N) is 1. The minimum atomic E-state index is 0.569. The Morgan fingerprint density at radius 1 is 1.44 bits per heavy atom.